The van der Waals surface area contributed by atoms with Crippen LogP contribution in [0.3, 0.4) is 0 Å². The first-order valence-electron chi connectivity index (χ1n) is 7.37. The molecule has 4 aromatic rings. The lowest BCUT2D eigenvalue weighted by Gasteiger charge is -2.06. The summed E-state index contributed by atoms with van der Waals surface area (Å²) in [5.74, 6) is 0.572. The Morgan fingerprint density at radius 3 is 2.87 bits per heavy atom. The highest BCUT2D eigenvalue weighted by molar-refractivity contribution is 9.10. The second-order valence-corrected chi connectivity index (χ2v) is 6.26. The van der Waals surface area contributed by atoms with Gasteiger partial charge in [-0.1, -0.05) is 47.1 Å². The van der Waals surface area contributed by atoms with Gasteiger partial charge < -0.3 is 9.40 Å². The van der Waals surface area contributed by atoms with Gasteiger partial charge in [0.05, 0.1) is 0 Å². The Kier molecular flexibility index (Phi) is 3.31. The van der Waals surface area contributed by atoms with Crippen molar-refractivity contribution in [3.63, 3.8) is 0 Å². The average molecular weight is 369 g/mol. The van der Waals surface area contributed by atoms with Crippen molar-refractivity contribution in [2.24, 2.45) is 0 Å². The number of aryl methyl sites for hydroxylation is 1. The van der Waals surface area contributed by atoms with Crippen molar-refractivity contribution in [1.82, 2.24) is 9.97 Å². The number of hydrogen-bond donors (Lipinski definition) is 1. The SMILES string of the molecule is CCc1ccccc1-c1nc2c(oc3ccc(Br)cc32)c(=O)[nH]1. The number of benzene rings is 2. The fraction of sp³-hybridized carbons (Fsp3) is 0.111. The maximum Gasteiger partial charge on any atom is 0.294 e. The van der Waals surface area contributed by atoms with Crippen LogP contribution in [-0.4, -0.2) is 9.97 Å². The number of rotatable bonds is 2. The van der Waals surface area contributed by atoms with E-state index in [1.54, 1.807) is 0 Å². The Labute approximate surface area is 140 Å². The normalized spacial score (nSPS) is 11.4. The second-order valence-electron chi connectivity index (χ2n) is 5.35. The minimum absolute atomic E-state index is 0.260. The number of fused-ring (bicyclic) bond motifs is 3. The van der Waals surface area contributed by atoms with Gasteiger partial charge in [-0.05, 0) is 30.2 Å². The minimum Gasteiger partial charge on any atom is -0.449 e. The van der Waals surface area contributed by atoms with E-state index >= 15 is 0 Å². The van der Waals surface area contributed by atoms with Crippen LogP contribution in [0.2, 0.25) is 0 Å². The predicted molar refractivity (Wildman–Crippen MR) is 94.6 cm³/mol. The molecule has 0 aliphatic carbocycles. The monoisotopic (exact) mass is 368 g/mol. The molecule has 0 fully saturated rings. The molecule has 0 radical (unpaired) electrons. The first-order chi connectivity index (χ1) is 11.2. The van der Waals surface area contributed by atoms with E-state index in [1.807, 2.05) is 42.5 Å². The number of aromatic nitrogens is 2. The summed E-state index contributed by atoms with van der Waals surface area (Å²) in [5.41, 5.74) is 3.33. The van der Waals surface area contributed by atoms with Crippen LogP contribution in [0.4, 0.5) is 0 Å². The Hall–Kier alpha value is -2.40. The number of furan rings is 1. The zero-order valence-corrected chi connectivity index (χ0v) is 14.0. The molecule has 0 saturated carbocycles. The molecule has 114 valence electrons. The highest BCUT2D eigenvalue weighted by Gasteiger charge is 2.15. The van der Waals surface area contributed by atoms with Crippen LogP contribution in [0.5, 0.6) is 0 Å². The molecule has 0 aliphatic heterocycles. The number of aromatic amines is 1. The van der Waals surface area contributed by atoms with E-state index in [4.69, 9.17) is 4.42 Å². The van der Waals surface area contributed by atoms with E-state index in [-0.39, 0.29) is 11.1 Å². The summed E-state index contributed by atoms with van der Waals surface area (Å²) in [5, 5.41) is 0.829. The highest BCUT2D eigenvalue weighted by Crippen LogP contribution is 2.29. The van der Waals surface area contributed by atoms with Crippen LogP contribution >= 0.6 is 15.9 Å². The molecule has 0 spiro atoms. The molecule has 4 rings (SSSR count). The fourth-order valence-corrected chi connectivity index (χ4v) is 3.17. The van der Waals surface area contributed by atoms with E-state index in [1.165, 1.54) is 0 Å². The highest BCUT2D eigenvalue weighted by atomic mass is 79.9. The molecular formula is C18H13BrN2O2. The molecule has 0 atom stereocenters. The van der Waals surface area contributed by atoms with Crippen molar-refractivity contribution in [2.75, 3.05) is 0 Å². The molecule has 0 amide bonds. The van der Waals surface area contributed by atoms with Gasteiger partial charge in [-0.15, -0.1) is 0 Å². The van der Waals surface area contributed by atoms with Crippen molar-refractivity contribution < 1.29 is 4.42 Å². The Bertz CT molecular complexity index is 1100. The maximum absolute atomic E-state index is 12.4. The second kappa shape index (κ2) is 5.35. The van der Waals surface area contributed by atoms with Crippen molar-refractivity contribution in [3.05, 3.63) is 62.9 Å². The van der Waals surface area contributed by atoms with Gasteiger partial charge in [-0.2, -0.15) is 0 Å². The van der Waals surface area contributed by atoms with E-state index in [0.717, 1.165) is 27.4 Å². The lowest BCUT2D eigenvalue weighted by atomic mass is 10.0. The summed E-state index contributed by atoms with van der Waals surface area (Å²) in [4.78, 5) is 19.9. The molecule has 23 heavy (non-hydrogen) atoms. The van der Waals surface area contributed by atoms with Gasteiger partial charge in [0.15, 0.2) is 0 Å². The number of nitrogens with zero attached hydrogens (tertiary/aromatic N) is 1. The summed E-state index contributed by atoms with van der Waals surface area (Å²) in [6.07, 6.45) is 0.871. The first-order valence-corrected chi connectivity index (χ1v) is 8.17. The number of halogens is 1. The van der Waals surface area contributed by atoms with E-state index in [2.05, 4.69) is 32.8 Å². The van der Waals surface area contributed by atoms with Gasteiger partial charge in [-0.25, -0.2) is 4.98 Å². The topological polar surface area (TPSA) is 58.9 Å². The molecule has 0 saturated heterocycles. The minimum atomic E-state index is -0.261. The van der Waals surface area contributed by atoms with Gasteiger partial charge in [0.25, 0.3) is 5.56 Å². The van der Waals surface area contributed by atoms with Crippen LogP contribution in [0, 0.1) is 0 Å². The Morgan fingerprint density at radius 1 is 1.22 bits per heavy atom. The van der Waals surface area contributed by atoms with Crippen LogP contribution in [-0.2, 0) is 6.42 Å². The molecule has 0 aliphatic rings. The van der Waals surface area contributed by atoms with E-state index in [9.17, 15) is 4.79 Å². The summed E-state index contributed by atoms with van der Waals surface area (Å²) in [6.45, 7) is 2.08. The third kappa shape index (κ3) is 2.28. The molecule has 4 nitrogen and oxygen atoms in total. The van der Waals surface area contributed by atoms with E-state index in [0.29, 0.717) is 16.9 Å². The van der Waals surface area contributed by atoms with Gasteiger partial charge in [0.2, 0.25) is 5.58 Å². The van der Waals surface area contributed by atoms with Crippen LogP contribution in [0.1, 0.15) is 12.5 Å². The molecule has 1 N–H and O–H groups in total. The lowest BCUT2D eigenvalue weighted by molar-refractivity contribution is 0.661. The smallest absolute Gasteiger partial charge is 0.294 e. The van der Waals surface area contributed by atoms with E-state index < -0.39 is 0 Å². The van der Waals surface area contributed by atoms with Crippen molar-refractivity contribution >= 4 is 38.0 Å². The van der Waals surface area contributed by atoms with Gasteiger partial charge in [0.1, 0.15) is 16.9 Å². The summed E-state index contributed by atoms with van der Waals surface area (Å²) < 4.78 is 6.58. The van der Waals surface area contributed by atoms with Gasteiger partial charge in [0, 0.05) is 15.4 Å². The molecule has 0 unspecified atom stereocenters. The summed E-state index contributed by atoms with van der Waals surface area (Å²) in [7, 11) is 0. The average Bonchev–Trinajstić information content (AvgIpc) is 2.93. The molecule has 5 heteroatoms. The number of nitrogens with one attached hydrogen (secondary N) is 1. The standard InChI is InChI=1S/C18H13BrN2O2/c1-2-10-5-3-4-6-12(10)17-20-15-13-9-11(19)7-8-14(13)23-16(15)18(22)21-17/h3-9H,2H2,1H3,(H,20,21,22). The third-order valence-electron chi connectivity index (χ3n) is 3.94. The number of H-pyrrole nitrogens is 1. The largest absolute Gasteiger partial charge is 0.449 e. The molecule has 0 bridgehead atoms. The van der Waals surface area contributed by atoms with Crippen LogP contribution < -0.4 is 5.56 Å². The summed E-state index contributed by atoms with van der Waals surface area (Å²) >= 11 is 3.45. The van der Waals surface area contributed by atoms with Gasteiger partial charge in [-0.3, -0.25) is 4.79 Å². The quantitative estimate of drug-likeness (QED) is 0.559. The summed E-state index contributed by atoms with van der Waals surface area (Å²) in [6, 6.07) is 13.6. The lowest BCUT2D eigenvalue weighted by Crippen LogP contribution is -2.09. The maximum atomic E-state index is 12.4. The molecular weight excluding hydrogens is 356 g/mol. The molecule has 2 aromatic carbocycles. The fourth-order valence-electron chi connectivity index (χ4n) is 2.81. The third-order valence-corrected chi connectivity index (χ3v) is 4.43. The zero-order valence-electron chi connectivity index (χ0n) is 12.4. The Balaban J connectivity index is 2.08. The molecule has 2 heterocycles. The van der Waals surface area contributed by atoms with Crippen molar-refractivity contribution in [3.8, 4) is 11.4 Å². The van der Waals surface area contributed by atoms with Crippen LogP contribution in [0.25, 0.3) is 33.5 Å². The van der Waals surface area contributed by atoms with Crippen LogP contribution in [0.15, 0.2) is 56.1 Å². The van der Waals surface area contributed by atoms with Crippen molar-refractivity contribution in [2.45, 2.75) is 13.3 Å². The zero-order chi connectivity index (χ0) is 16.0. The molecule has 2 aromatic heterocycles. The van der Waals surface area contributed by atoms with Gasteiger partial charge >= 0.3 is 0 Å². The Morgan fingerprint density at radius 2 is 2.04 bits per heavy atom. The predicted octanol–water partition coefficient (Wildman–Crippen LogP) is 4.66. The number of hydrogen-bond acceptors (Lipinski definition) is 3. The first kappa shape index (κ1) is 14.2. The van der Waals surface area contributed by atoms with Crippen molar-refractivity contribution in [1.29, 1.82) is 0 Å².